The van der Waals surface area contributed by atoms with Crippen LogP contribution in [0.2, 0.25) is 0 Å². The van der Waals surface area contributed by atoms with Crippen LogP contribution in [0.15, 0.2) is 23.9 Å². The van der Waals surface area contributed by atoms with Gasteiger partial charge in [-0.3, -0.25) is 4.72 Å². The molecule has 1 aliphatic carbocycles. The molecule has 4 heteroatoms. The average molecular weight is 173 g/mol. The van der Waals surface area contributed by atoms with Crippen LogP contribution in [0.5, 0.6) is 0 Å². The van der Waals surface area contributed by atoms with Gasteiger partial charge >= 0.3 is 0 Å². The summed E-state index contributed by atoms with van der Waals surface area (Å²) in [5.41, 5.74) is 0.773. The molecule has 0 heterocycles. The minimum absolute atomic E-state index is 0.773. The minimum Gasteiger partial charge on any atom is -0.288 e. The molecule has 0 amide bonds. The summed E-state index contributed by atoms with van der Waals surface area (Å²) < 4.78 is 23.9. The molecular weight excluding hydrogens is 162 g/mol. The fourth-order valence-corrected chi connectivity index (χ4v) is 1.57. The molecule has 0 saturated heterocycles. The maximum atomic E-state index is 10.7. The van der Waals surface area contributed by atoms with E-state index in [0.717, 1.165) is 24.8 Å². The third kappa shape index (κ3) is 3.23. The fraction of sp³-hybridized carbons (Fsp3) is 0.429. The predicted molar refractivity (Wildman–Crippen MR) is 44.4 cm³/mol. The van der Waals surface area contributed by atoms with Gasteiger partial charge in [-0.05, 0) is 18.9 Å². The Kier molecular flexibility index (Phi) is 2.34. The van der Waals surface area contributed by atoms with E-state index in [1.165, 1.54) is 0 Å². The highest BCUT2D eigenvalue weighted by molar-refractivity contribution is 7.88. The van der Waals surface area contributed by atoms with Crippen molar-refractivity contribution >= 4 is 10.0 Å². The number of allylic oxidation sites excluding steroid dienone is 4. The van der Waals surface area contributed by atoms with E-state index in [4.69, 9.17) is 0 Å². The molecule has 0 fully saturated rings. The second-order valence-electron chi connectivity index (χ2n) is 2.53. The van der Waals surface area contributed by atoms with Crippen molar-refractivity contribution in [3.8, 4) is 0 Å². The molecule has 0 radical (unpaired) electrons. The van der Waals surface area contributed by atoms with Crippen molar-refractivity contribution in [2.75, 3.05) is 6.26 Å². The molecule has 0 aromatic rings. The maximum absolute atomic E-state index is 10.7. The van der Waals surface area contributed by atoms with Gasteiger partial charge in [0, 0.05) is 5.70 Å². The standard InChI is InChI=1S/C7H11NO2S/c1-11(9,10)8-7-5-3-2-4-6-7/h2-3,5,8H,4,6H2,1H3. The van der Waals surface area contributed by atoms with E-state index in [1.54, 1.807) is 6.08 Å². The van der Waals surface area contributed by atoms with Gasteiger partial charge in [-0.1, -0.05) is 12.2 Å². The van der Waals surface area contributed by atoms with Gasteiger partial charge in [-0.2, -0.15) is 0 Å². The van der Waals surface area contributed by atoms with E-state index >= 15 is 0 Å². The summed E-state index contributed by atoms with van der Waals surface area (Å²) in [6.07, 6.45) is 8.50. The lowest BCUT2D eigenvalue weighted by Crippen LogP contribution is -2.21. The van der Waals surface area contributed by atoms with Gasteiger partial charge in [0.25, 0.3) is 0 Å². The zero-order chi connectivity index (χ0) is 8.32. The van der Waals surface area contributed by atoms with E-state index in [2.05, 4.69) is 4.72 Å². The monoisotopic (exact) mass is 173 g/mol. The predicted octanol–water partition coefficient (Wildman–Crippen LogP) is 0.770. The number of sulfonamides is 1. The third-order valence-corrected chi connectivity index (χ3v) is 1.96. The zero-order valence-corrected chi connectivity index (χ0v) is 7.19. The molecule has 0 aromatic heterocycles. The lowest BCUT2D eigenvalue weighted by molar-refractivity contribution is 0.593. The van der Waals surface area contributed by atoms with Crippen molar-refractivity contribution in [1.82, 2.24) is 4.72 Å². The van der Waals surface area contributed by atoms with Crippen LogP contribution in [-0.4, -0.2) is 14.7 Å². The Morgan fingerprint density at radius 2 is 2.27 bits per heavy atom. The van der Waals surface area contributed by atoms with Crippen LogP contribution in [0, 0.1) is 0 Å². The van der Waals surface area contributed by atoms with Gasteiger partial charge in [0.2, 0.25) is 10.0 Å². The van der Waals surface area contributed by atoms with Crippen molar-refractivity contribution in [1.29, 1.82) is 0 Å². The second kappa shape index (κ2) is 3.09. The van der Waals surface area contributed by atoms with Crippen LogP contribution in [0.1, 0.15) is 12.8 Å². The van der Waals surface area contributed by atoms with Crippen LogP contribution < -0.4 is 4.72 Å². The topological polar surface area (TPSA) is 46.2 Å². The Balaban J connectivity index is 2.63. The van der Waals surface area contributed by atoms with Gasteiger partial charge in [0.05, 0.1) is 6.26 Å². The van der Waals surface area contributed by atoms with Gasteiger partial charge < -0.3 is 0 Å². The Bertz CT molecular complexity index is 288. The number of hydrogen-bond donors (Lipinski definition) is 1. The average Bonchev–Trinajstić information content (AvgIpc) is 1.85. The Labute approximate surface area is 66.9 Å². The number of nitrogens with one attached hydrogen (secondary N) is 1. The number of hydrogen-bond acceptors (Lipinski definition) is 2. The largest absolute Gasteiger partial charge is 0.288 e. The van der Waals surface area contributed by atoms with E-state index in [0.29, 0.717) is 0 Å². The lowest BCUT2D eigenvalue weighted by Gasteiger charge is -2.09. The summed E-state index contributed by atoms with van der Waals surface area (Å²) in [7, 11) is -3.08. The summed E-state index contributed by atoms with van der Waals surface area (Å²) in [4.78, 5) is 0. The van der Waals surface area contributed by atoms with Gasteiger partial charge in [-0.15, -0.1) is 0 Å². The molecule has 0 spiro atoms. The number of rotatable bonds is 2. The normalized spacial score (nSPS) is 17.7. The minimum atomic E-state index is -3.08. The first-order valence-electron chi connectivity index (χ1n) is 3.41. The van der Waals surface area contributed by atoms with Crippen LogP contribution in [-0.2, 0) is 10.0 Å². The first-order valence-corrected chi connectivity index (χ1v) is 5.30. The summed E-state index contributed by atoms with van der Waals surface area (Å²) in [5.74, 6) is 0. The molecule has 62 valence electrons. The van der Waals surface area contributed by atoms with E-state index in [-0.39, 0.29) is 0 Å². The molecule has 0 bridgehead atoms. The molecule has 0 aromatic carbocycles. The molecule has 1 aliphatic rings. The summed E-state index contributed by atoms with van der Waals surface area (Å²) >= 11 is 0. The maximum Gasteiger partial charge on any atom is 0.229 e. The highest BCUT2D eigenvalue weighted by Gasteiger charge is 2.04. The lowest BCUT2D eigenvalue weighted by atomic mass is 10.1. The van der Waals surface area contributed by atoms with E-state index in [1.807, 2.05) is 12.2 Å². The molecule has 1 N–H and O–H groups in total. The van der Waals surface area contributed by atoms with Gasteiger partial charge in [0.1, 0.15) is 0 Å². The van der Waals surface area contributed by atoms with E-state index < -0.39 is 10.0 Å². The van der Waals surface area contributed by atoms with Gasteiger partial charge in [-0.25, -0.2) is 8.42 Å². The smallest absolute Gasteiger partial charge is 0.229 e. The molecule has 0 saturated carbocycles. The molecule has 1 rings (SSSR count). The molecule has 0 atom stereocenters. The molecular formula is C7H11NO2S. The highest BCUT2D eigenvalue weighted by Crippen LogP contribution is 2.08. The Morgan fingerprint density at radius 3 is 2.73 bits per heavy atom. The van der Waals surface area contributed by atoms with Crippen LogP contribution in [0.25, 0.3) is 0 Å². The second-order valence-corrected chi connectivity index (χ2v) is 4.28. The van der Waals surface area contributed by atoms with Crippen molar-refractivity contribution in [3.63, 3.8) is 0 Å². The molecule has 3 nitrogen and oxygen atoms in total. The molecule has 0 unspecified atom stereocenters. The van der Waals surface area contributed by atoms with E-state index in [9.17, 15) is 8.42 Å². The SMILES string of the molecule is CS(=O)(=O)NC1=CC=CCC1. The Morgan fingerprint density at radius 1 is 1.55 bits per heavy atom. The fourth-order valence-electron chi connectivity index (χ4n) is 0.926. The molecule has 11 heavy (non-hydrogen) atoms. The van der Waals surface area contributed by atoms with Crippen LogP contribution >= 0.6 is 0 Å². The van der Waals surface area contributed by atoms with Crippen LogP contribution in [0.4, 0.5) is 0 Å². The zero-order valence-electron chi connectivity index (χ0n) is 6.37. The van der Waals surface area contributed by atoms with Crippen molar-refractivity contribution < 1.29 is 8.42 Å². The molecule has 0 aliphatic heterocycles. The Hall–Kier alpha value is -0.770. The summed E-state index contributed by atoms with van der Waals surface area (Å²) in [6, 6.07) is 0. The summed E-state index contributed by atoms with van der Waals surface area (Å²) in [6.45, 7) is 0. The van der Waals surface area contributed by atoms with Crippen molar-refractivity contribution in [3.05, 3.63) is 23.9 Å². The van der Waals surface area contributed by atoms with Gasteiger partial charge in [0.15, 0.2) is 0 Å². The first-order chi connectivity index (χ1) is 5.08. The first kappa shape index (κ1) is 8.33. The quantitative estimate of drug-likeness (QED) is 0.670. The summed E-state index contributed by atoms with van der Waals surface area (Å²) in [5, 5.41) is 0. The van der Waals surface area contributed by atoms with Crippen LogP contribution in [0.3, 0.4) is 0 Å². The van der Waals surface area contributed by atoms with Crippen molar-refractivity contribution in [2.45, 2.75) is 12.8 Å². The van der Waals surface area contributed by atoms with Crippen molar-refractivity contribution in [2.24, 2.45) is 0 Å². The third-order valence-electron chi connectivity index (χ3n) is 1.33. The highest BCUT2D eigenvalue weighted by atomic mass is 32.2.